The van der Waals surface area contributed by atoms with Gasteiger partial charge >= 0.3 is 0 Å². The zero-order valence-corrected chi connectivity index (χ0v) is 12.3. The molecular weight excluding hydrogens is 289 g/mol. The Kier molecular flexibility index (Phi) is 4.38. The molecule has 2 heterocycles. The smallest absolute Gasteiger partial charge is 0.298 e. The molecule has 0 saturated heterocycles. The Morgan fingerprint density at radius 3 is 3.00 bits per heavy atom. The molecule has 0 fully saturated rings. The summed E-state index contributed by atoms with van der Waals surface area (Å²) >= 11 is 0. The number of hydrogen-bond acceptors (Lipinski definition) is 7. The SMILES string of the molecule is CNCN1C2=C(N=NN1CCc1cccc(F)c1)OCCO2. The summed E-state index contributed by atoms with van der Waals surface area (Å²) in [6.07, 6.45) is 0.639. The first-order chi connectivity index (χ1) is 10.8. The van der Waals surface area contributed by atoms with Gasteiger partial charge in [0.05, 0.1) is 13.2 Å². The zero-order chi connectivity index (χ0) is 15.4. The van der Waals surface area contributed by atoms with Gasteiger partial charge in [-0.05, 0) is 36.4 Å². The molecule has 118 valence electrons. The monoisotopic (exact) mass is 307 g/mol. The Morgan fingerprint density at radius 2 is 2.18 bits per heavy atom. The second-order valence-electron chi connectivity index (χ2n) is 4.88. The second kappa shape index (κ2) is 6.61. The van der Waals surface area contributed by atoms with Gasteiger partial charge in [0.2, 0.25) is 0 Å². The lowest BCUT2D eigenvalue weighted by atomic mass is 10.1. The molecule has 0 atom stereocenters. The van der Waals surface area contributed by atoms with Gasteiger partial charge in [-0.25, -0.2) is 9.40 Å². The third-order valence-electron chi connectivity index (χ3n) is 3.29. The minimum atomic E-state index is -0.237. The van der Waals surface area contributed by atoms with Gasteiger partial charge in [0.1, 0.15) is 19.0 Å². The van der Waals surface area contributed by atoms with E-state index in [2.05, 4.69) is 15.7 Å². The van der Waals surface area contributed by atoms with Gasteiger partial charge in [0.25, 0.3) is 11.8 Å². The molecule has 0 aliphatic carbocycles. The minimum absolute atomic E-state index is 0.237. The van der Waals surface area contributed by atoms with Crippen LogP contribution in [-0.2, 0) is 15.9 Å². The fourth-order valence-electron chi connectivity index (χ4n) is 2.29. The van der Waals surface area contributed by atoms with E-state index in [-0.39, 0.29) is 5.82 Å². The maximum atomic E-state index is 13.2. The Labute approximate surface area is 127 Å². The zero-order valence-electron chi connectivity index (χ0n) is 12.3. The first-order valence-electron chi connectivity index (χ1n) is 7.13. The highest BCUT2D eigenvalue weighted by atomic mass is 19.1. The standard InChI is InChI=1S/C14H18FN5O2/c1-16-10-19-14-13(21-7-8-22-14)17-18-20(19)6-5-11-3-2-4-12(15)9-11/h2-4,9,16H,5-8,10H2,1H3. The van der Waals surface area contributed by atoms with Crippen molar-refractivity contribution in [2.45, 2.75) is 6.42 Å². The molecule has 0 bridgehead atoms. The second-order valence-corrected chi connectivity index (χ2v) is 4.88. The Balaban J connectivity index is 1.70. The molecule has 1 N–H and O–H groups in total. The van der Waals surface area contributed by atoms with Crippen LogP contribution >= 0.6 is 0 Å². The number of benzene rings is 1. The van der Waals surface area contributed by atoms with Crippen LogP contribution in [0.2, 0.25) is 0 Å². The predicted octanol–water partition coefficient (Wildman–Crippen LogP) is 1.62. The molecule has 0 aromatic heterocycles. The molecule has 0 amide bonds. The van der Waals surface area contributed by atoms with Crippen LogP contribution in [0, 0.1) is 5.82 Å². The van der Waals surface area contributed by atoms with Crippen LogP contribution in [0.4, 0.5) is 4.39 Å². The molecule has 22 heavy (non-hydrogen) atoms. The van der Waals surface area contributed by atoms with Crippen LogP contribution in [0.3, 0.4) is 0 Å². The van der Waals surface area contributed by atoms with Gasteiger partial charge < -0.3 is 14.8 Å². The number of hydrazine groups is 1. The first-order valence-corrected chi connectivity index (χ1v) is 7.13. The Morgan fingerprint density at radius 1 is 1.32 bits per heavy atom. The van der Waals surface area contributed by atoms with Crippen LogP contribution in [-0.4, -0.2) is 43.6 Å². The normalized spacial score (nSPS) is 17.2. The summed E-state index contributed by atoms with van der Waals surface area (Å²) in [5.74, 6) is 0.706. The predicted molar refractivity (Wildman–Crippen MR) is 76.4 cm³/mol. The highest BCUT2D eigenvalue weighted by molar-refractivity contribution is 5.16. The van der Waals surface area contributed by atoms with Gasteiger partial charge in [-0.15, -0.1) is 0 Å². The minimum Gasteiger partial charge on any atom is -0.470 e. The maximum Gasteiger partial charge on any atom is 0.298 e. The van der Waals surface area contributed by atoms with Crippen LogP contribution in [0.1, 0.15) is 5.56 Å². The summed E-state index contributed by atoms with van der Waals surface area (Å²) in [7, 11) is 1.83. The molecule has 0 spiro atoms. The molecule has 0 saturated carbocycles. The van der Waals surface area contributed by atoms with E-state index >= 15 is 0 Å². The summed E-state index contributed by atoms with van der Waals surface area (Å²) in [6, 6.07) is 6.54. The van der Waals surface area contributed by atoms with Crippen molar-refractivity contribution in [2.75, 3.05) is 33.5 Å². The molecule has 0 radical (unpaired) electrons. The summed E-state index contributed by atoms with van der Waals surface area (Å²) in [6.45, 7) is 2.00. The quantitative estimate of drug-likeness (QED) is 0.895. The lowest BCUT2D eigenvalue weighted by molar-refractivity contribution is -0.104. The third-order valence-corrected chi connectivity index (χ3v) is 3.29. The fourth-order valence-corrected chi connectivity index (χ4v) is 2.29. The van der Waals surface area contributed by atoms with Crippen LogP contribution in [0.5, 0.6) is 0 Å². The van der Waals surface area contributed by atoms with E-state index < -0.39 is 0 Å². The lowest BCUT2D eigenvalue weighted by Crippen LogP contribution is -2.47. The molecular formula is C14H18FN5O2. The van der Waals surface area contributed by atoms with E-state index in [9.17, 15) is 4.39 Å². The van der Waals surface area contributed by atoms with Crippen molar-refractivity contribution in [1.82, 2.24) is 15.4 Å². The van der Waals surface area contributed by atoms with E-state index in [0.29, 0.717) is 44.6 Å². The molecule has 2 aliphatic heterocycles. The van der Waals surface area contributed by atoms with Crippen LogP contribution in [0.25, 0.3) is 0 Å². The van der Waals surface area contributed by atoms with Crippen LogP contribution in [0.15, 0.2) is 46.4 Å². The highest BCUT2D eigenvalue weighted by Crippen LogP contribution is 2.25. The largest absolute Gasteiger partial charge is 0.470 e. The van der Waals surface area contributed by atoms with Crippen molar-refractivity contribution in [2.24, 2.45) is 10.3 Å². The molecule has 2 aliphatic rings. The molecule has 0 unspecified atom stereocenters. The fraction of sp³-hybridized carbons (Fsp3) is 0.429. The summed E-state index contributed by atoms with van der Waals surface area (Å²) in [5.41, 5.74) is 0.903. The van der Waals surface area contributed by atoms with E-state index in [0.717, 1.165) is 5.56 Å². The number of nitrogens with zero attached hydrogens (tertiary/aromatic N) is 4. The average Bonchev–Trinajstić information content (AvgIpc) is 2.54. The average molecular weight is 307 g/mol. The first kappa shape index (κ1) is 14.6. The number of rotatable bonds is 5. The van der Waals surface area contributed by atoms with Gasteiger partial charge in [-0.3, -0.25) is 0 Å². The number of ether oxygens (including phenoxy) is 2. The van der Waals surface area contributed by atoms with E-state index in [1.165, 1.54) is 12.1 Å². The molecule has 1 aromatic carbocycles. The Bertz CT molecular complexity index is 592. The van der Waals surface area contributed by atoms with Gasteiger partial charge in [-0.2, -0.15) is 5.12 Å². The highest BCUT2D eigenvalue weighted by Gasteiger charge is 2.30. The van der Waals surface area contributed by atoms with Gasteiger partial charge in [0.15, 0.2) is 0 Å². The molecule has 7 nitrogen and oxygen atoms in total. The van der Waals surface area contributed by atoms with Crippen molar-refractivity contribution >= 4 is 0 Å². The number of nitrogens with one attached hydrogen (secondary N) is 1. The molecule has 8 heteroatoms. The topological polar surface area (TPSA) is 61.7 Å². The van der Waals surface area contributed by atoms with Crippen molar-refractivity contribution in [3.63, 3.8) is 0 Å². The number of halogens is 1. The van der Waals surface area contributed by atoms with E-state index in [1.807, 2.05) is 18.1 Å². The summed E-state index contributed by atoms with van der Waals surface area (Å²) in [4.78, 5) is 0. The summed E-state index contributed by atoms with van der Waals surface area (Å²) < 4.78 is 24.3. The molecule has 1 aromatic rings. The lowest BCUT2D eigenvalue weighted by Gasteiger charge is -2.37. The Hall–Kier alpha value is -2.35. The summed E-state index contributed by atoms with van der Waals surface area (Å²) in [5, 5.41) is 14.7. The van der Waals surface area contributed by atoms with Crippen LogP contribution < -0.4 is 5.32 Å². The molecule has 3 rings (SSSR count). The van der Waals surface area contributed by atoms with Crippen molar-refractivity contribution in [1.29, 1.82) is 0 Å². The van der Waals surface area contributed by atoms with E-state index in [4.69, 9.17) is 9.47 Å². The third kappa shape index (κ3) is 3.11. The van der Waals surface area contributed by atoms with Crippen molar-refractivity contribution in [3.05, 3.63) is 47.4 Å². The van der Waals surface area contributed by atoms with Gasteiger partial charge in [0, 0.05) is 0 Å². The van der Waals surface area contributed by atoms with Crippen molar-refractivity contribution < 1.29 is 13.9 Å². The van der Waals surface area contributed by atoms with Crippen molar-refractivity contribution in [3.8, 4) is 0 Å². The maximum absolute atomic E-state index is 13.2. The number of hydrogen-bond donors (Lipinski definition) is 1. The van der Waals surface area contributed by atoms with Gasteiger partial charge in [-0.1, -0.05) is 17.2 Å². The van der Waals surface area contributed by atoms with E-state index in [1.54, 1.807) is 11.2 Å².